The number of hydrogen-bond donors (Lipinski definition) is 4. The minimum atomic E-state index is -0.636. The van der Waals surface area contributed by atoms with Gasteiger partial charge in [-0.25, -0.2) is 0 Å². The molecule has 0 spiro atoms. The van der Waals surface area contributed by atoms with Crippen molar-refractivity contribution in [3.63, 3.8) is 0 Å². The summed E-state index contributed by atoms with van der Waals surface area (Å²) in [4.78, 5) is 26.3. The molecule has 0 aromatic heterocycles. The van der Waals surface area contributed by atoms with Crippen molar-refractivity contribution < 1.29 is 24.2 Å². The van der Waals surface area contributed by atoms with E-state index in [1.165, 1.54) is 22.3 Å². The van der Waals surface area contributed by atoms with Gasteiger partial charge >= 0.3 is 0 Å². The topological polar surface area (TPSA) is 123 Å². The maximum absolute atomic E-state index is 13.6. The number of carbonyl (C=O) groups excluding carboxylic acids is 2. The molecule has 8 nitrogen and oxygen atoms in total. The van der Waals surface area contributed by atoms with Gasteiger partial charge in [0.15, 0.2) is 5.76 Å². The Morgan fingerprint density at radius 2 is 1.70 bits per heavy atom. The zero-order valence-corrected chi connectivity index (χ0v) is 25.9. The number of ether oxygens (including phenoxy) is 2. The van der Waals surface area contributed by atoms with Gasteiger partial charge in [-0.3, -0.25) is 9.59 Å². The predicted molar refractivity (Wildman–Crippen MR) is 179 cm³/mol. The molecule has 2 aliphatic rings. The van der Waals surface area contributed by atoms with Gasteiger partial charge in [-0.1, -0.05) is 66.7 Å². The second kappa shape index (κ2) is 14.0. The van der Waals surface area contributed by atoms with Crippen LogP contribution in [0.1, 0.15) is 58.3 Å². The molecule has 0 fully saturated rings. The van der Waals surface area contributed by atoms with Crippen LogP contribution in [0.25, 0.3) is 11.1 Å². The standard InChI is InChI=1S/C38H39N3O5/c1-2-45-38-30(13-8-20-42)32(29-12-7-11-28-27-10-4-3-9-26(27)21-31(28)29)22-35(46-38)37(44)40-23-24-16-18-25(19-17-24)36(43)41-34-15-6-5-14-33(34)39/h3-7,9-12,14-19,22,30,32,38,42H,2,8,13,20-21,23,39H2,1H3,(H,40,44)(H,41,43)/t30-,32+,38+/m0/s1. The molecule has 6 rings (SSSR count). The van der Waals surface area contributed by atoms with Crippen LogP contribution >= 0.6 is 0 Å². The number of fused-ring (bicyclic) bond motifs is 3. The third kappa shape index (κ3) is 6.54. The molecule has 0 saturated carbocycles. The van der Waals surface area contributed by atoms with E-state index in [0.29, 0.717) is 36.4 Å². The molecule has 8 heteroatoms. The first-order chi connectivity index (χ1) is 22.5. The molecule has 1 heterocycles. The lowest BCUT2D eigenvalue weighted by molar-refractivity contribution is -0.166. The molecule has 0 bridgehead atoms. The molecule has 0 saturated heterocycles. The summed E-state index contributed by atoms with van der Waals surface area (Å²) in [5.41, 5.74) is 14.5. The van der Waals surface area contributed by atoms with Crippen molar-refractivity contribution in [2.75, 3.05) is 24.3 Å². The van der Waals surface area contributed by atoms with Crippen LogP contribution in [-0.2, 0) is 27.2 Å². The Hall–Kier alpha value is -4.92. The highest BCUT2D eigenvalue weighted by molar-refractivity contribution is 6.05. The van der Waals surface area contributed by atoms with Crippen LogP contribution in [0.2, 0.25) is 0 Å². The fourth-order valence-electron chi connectivity index (χ4n) is 6.46. The minimum absolute atomic E-state index is 0.0677. The number of amides is 2. The normalized spacial score (nSPS) is 18.1. The van der Waals surface area contributed by atoms with E-state index in [1.54, 1.807) is 36.4 Å². The summed E-state index contributed by atoms with van der Waals surface area (Å²) in [6, 6.07) is 29.0. The van der Waals surface area contributed by atoms with Gasteiger partial charge in [0.2, 0.25) is 6.29 Å². The van der Waals surface area contributed by atoms with Crippen LogP contribution < -0.4 is 16.4 Å². The summed E-state index contributed by atoms with van der Waals surface area (Å²) < 4.78 is 12.3. The van der Waals surface area contributed by atoms with Gasteiger partial charge in [0.1, 0.15) is 0 Å². The Balaban J connectivity index is 1.21. The lowest BCUT2D eigenvalue weighted by atomic mass is 9.78. The van der Waals surface area contributed by atoms with Crippen molar-refractivity contribution in [2.45, 2.75) is 44.9 Å². The SMILES string of the molecule is CCO[C@@H]1OC(C(=O)NCc2ccc(C(=O)Nc3ccccc3N)cc2)=C[C@H](c2cccc3c2Cc2ccccc2-3)[C@@H]1CCCO. The third-order valence-corrected chi connectivity index (χ3v) is 8.76. The Labute approximate surface area is 269 Å². The number of hydrogen-bond acceptors (Lipinski definition) is 6. The molecule has 1 aliphatic heterocycles. The number of benzene rings is 4. The zero-order valence-electron chi connectivity index (χ0n) is 25.9. The molecule has 0 unspecified atom stereocenters. The average Bonchev–Trinajstić information content (AvgIpc) is 3.47. The Morgan fingerprint density at radius 1 is 0.935 bits per heavy atom. The fraction of sp³-hybridized carbons (Fsp3) is 0.263. The smallest absolute Gasteiger partial charge is 0.286 e. The maximum atomic E-state index is 13.6. The van der Waals surface area contributed by atoms with E-state index in [0.717, 1.165) is 17.5 Å². The predicted octanol–water partition coefficient (Wildman–Crippen LogP) is 6.16. The highest BCUT2D eigenvalue weighted by Gasteiger charge is 2.39. The lowest BCUT2D eigenvalue weighted by Gasteiger charge is -2.37. The van der Waals surface area contributed by atoms with Gasteiger partial charge in [-0.05, 0) is 89.9 Å². The molecule has 236 valence electrons. The molecule has 5 N–H and O–H groups in total. The number of aliphatic hydroxyl groups is 1. The lowest BCUT2D eigenvalue weighted by Crippen LogP contribution is -2.39. The summed E-state index contributed by atoms with van der Waals surface area (Å²) in [5, 5.41) is 15.5. The number of allylic oxidation sites excluding steroid dienone is 1. The first kappa shape index (κ1) is 31.1. The molecule has 4 aromatic rings. The van der Waals surface area contributed by atoms with E-state index in [1.807, 2.05) is 25.1 Å². The van der Waals surface area contributed by atoms with Crippen molar-refractivity contribution in [1.29, 1.82) is 0 Å². The van der Waals surface area contributed by atoms with Gasteiger partial charge in [0, 0.05) is 37.2 Å². The van der Waals surface area contributed by atoms with Crippen LogP contribution in [0.15, 0.2) is 103 Å². The van der Waals surface area contributed by atoms with E-state index in [-0.39, 0.29) is 42.6 Å². The van der Waals surface area contributed by atoms with Crippen molar-refractivity contribution in [3.05, 3.63) is 131 Å². The number of nitrogen functional groups attached to an aromatic ring is 1. The molecule has 3 atom stereocenters. The van der Waals surface area contributed by atoms with Crippen molar-refractivity contribution >= 4 is 23.2 Å². The van der Waals surface area contributed by atoms with Crippen LogP contribution in [0.5, 0.6) is 0 Å². The summed E-state index contributed by atoms with van der Waals surface area (Å²) in [6.45, 7) is 2.66. The van der Waals surface area contributed by atoms with E-state index < -0.39 is 6.29 Å². The summed E-state index contributed by atoms with van der Waals surface area (Å²) in [5.74, 6) is -0.614. The molecule has 0 radical (unpaired) electrons. The number of para-hydroxylation sites is 2. The van der Waals surface area contributed by atoms with Crippen molar-refractivity contribution in [1.82, 2.24) is 5.32 Å². The monoisotopic (exact) mass is 617 g/mol. The van der Waals surface area contributed by atoms with Gasteiger partial charge in [-0.2, -0.15) is 0 Å². The van der Waals surface area contributed by atoms with Crippen LogP contribution in [0.4, 0.5) is 11.4 Å². The Bertz CT molecular complexity index is 1750. The van der Waals surface area contributed by atoms with Gasteiger partial charge in [0.25, 0.3) is 11.8 Å². The van der Waals surface area contributed by atoms with E-state index in [2.05, 4.69) is 53.1 Å². The quantitative estimate of drug-likeness (QED) is 0.132. The Kier molecular flexibility index (Phi) is 9.47. The van der Waals surface area contributed by atoms with Crippen molar-refractivity contribution in [2.24, 2.45) is 5.92 Å². The molecule has 1 aliphatic carbocycles. The number of nitrogens with two attached hydrogens (primary N) is 1. The first-order valence-electron chi connectivity index (χ1n) is 15.8. The molecular weight excluding hydrogens is 578 g/mol. The summed E-state index contributed by atoms with van der Waals surface area (Å²) >= 11 is 0. The molecular formula is C38H39N3O5. The number of aliphatic hydroxyl groups excluding tert-OH is 1. The number of anilines is 2. The van der Waals surface area contributed by atoms with Crippen LogP contribution in [-0.4, -0.2) is 36.4 Å². The van der Waals surface area contributed by atoms with Gasteiger partial charge < -0.3 is 30.9 Å². The number of rotatable bonds is 11. The van der Waals surface area contributed by atoms with E-state index in [4.69, 9.17) is 15.2 Å². The number of nitrogens with one attached hydrogen (secondary N) is 2. The average molecular weight is 618 g/mol. The molecule has 46 heavy (non-hydrogen) atoms. The van der Waals surface area contributed by atoms with Crippen molar-refractivity contribution in [3.8, 4) is 11.1 Å². The Morgan fingerprint density at radius 3 is 2.48 bits per heavy atom. The van der Waals surface area contributed by atoms with Gasteiger partial charge in [-0.15, -0.1) is 0 Å². The van der Waals surface area contributed by atoms with E-state index >= 15 is 0 Å². The highest BCUT2D eigenvalue weighted by Crippen LogP contribution is 2.46. The largest absolute Gasteiger partial charge is 0.459 e. The third-order valence-electron chi connectivity index (χ3n) is 8.76. The van der Waals surface area contributed by atoms with Crippen LogP contribution in [0, 0.1) is 5.92 Å². The van der Waals surface area contributed by atoms with Gasteiger partial charge in [0.05, 0.1) is 11.4 Å². The fourth-order valence-corrected chi connectivity index (χ4v) is 6.46. The first-order valence-corrected chi connectivity index (χ1v) is 15.8. The second-order valence-electron chi connectivity index (χ2n) is 11.7. The zero-order chi connectivity index (χ0) is 32.0. The summed E-state index contributed by atoms with van der Waals surface area (Å²) in [6.07, 6.45) is 3.40. The minimum Gasteiger partial charge on any atom is -0.459 e. The second-order valence-corrected chi connectivity index (χ2v) is 11.7. The number of carbonyl (C=O) groups is 2. The molecule has 4 aromatic carbocycles. The molecule has 2 amide bonds. The summed E-state index contributed by atoms with van der Waals surface area (Å²) in [7, 11) is 0. The maximum Gasteiger partial charge on any atom is 0.286 e. The van der Waals surface area contributed by atoms with E-state index in [9.17, 15) is 14.7 Å². The highest BCUT2D eigenvalue weighted by atomic mass is 16.7. The van der Waals surface area contributed by atoms with Crippen LogP contribution in [0.3, 0.4) is 0 Å².